The third kappa shape index (κ3) is 3.29. The highest BCUT2D eigenvalue weighted by atomic mass is 32.2. The zero-order chi connectivity index (χ0) is 16.6. The van der Waals surface area contributed by atoms with Crippen LogP contribution in [0.2, 0.25) is 0 Å². The maximum Gasteiger partial charge on any atom is 0.253 e. The molecule has 0 aliphatic carbocycles. The topological polar surface area (TPSA) is 72.3 Å². The Kier molecular flexibility index (Phi) is 3.97. The summed E-state index contributed by atoms with van der Waals surface area (Å²) < 4.78 is 24.9. The summed E-state index contributed by atoms with van der Waals surface area (Å²) >= 11 is 0. The first-order chi connectivity index (χ1) is 10.9. The lowest BCUT2D eigenvalue weighted by Gasteiger charge is -2.23. The molecule has 3 rings (SSSR count). The van der Waals surface area contributed by atoms with Gasteiger partial charge in [0.2, 0.25) is 0 Å². The van der Waals surface area contributed by atoms with Gasteiger partial charge >= 0.3 is 0 Å². The minimum Gasteiger partial charge on any atom is -0.338 e. The number of carbonyl (C=O) groups excluding carboxylic acids is 1. The summed E-state index contributed by atoms with van der Waals surface area (Å²) in [6.07, 6.45) is 2.37. The van der Waals surface area contributed by atoms with E-state index in [1.54, 1.807) is 23.9 Å². The number of aryl methyl sites for hydroxylation is 1. The Morgan fingerprint density at radius 1 is 1.26 bits per heavy atom. The van der Waals surface area contributed by atoms with Gasteiger partial charge in [-0.2, -0.15) is 5.10 Å². The van der Waals surface area contributed by atoms with Gasteiger partial charge in [-0.15, -0.1) is 0 Å². The van der Waals surface area contributed by atoms with Crippen LogP contribution in [0.4, 0.5) is 0 Å². The number of carbonyl (C=O) groups is 1. The third-order valence-electron chi connectivity index (χ3n) is 4.18. The summed E-state index contributed by atoms with van der Waals surface area (Å²) in [6.45, 7) is 1.92. The molecule has 0 bridgehead atoms. The average molecular weight is 333 g/mol. The molecule has 0 radical (unpaired) electrons. The normalized spacial score (nSPS) is 19.7. The highest BCUT2D eigenvalue weighted by molar-refractivity contribution is 7.91. The van der Waals surface area contributed by atoms with Gasteiger partial charge in [-0.05, 0) is 43.7 Å². The van der Waals surface area contributed by atoms with Crippen molar-refractivity contribution in [1.82, 2.24) is 14.7 Å². The summed E-state index contributed by atoms with van der Waals surface area (Å²) in [5.74, 6) is 0.0579. The lowest BCUT2D eigenvalue weighted by atomic mass is 10.1. The van der Waals surface area contributed by atoms with E-state index < -0.39 is 9.84 Å². The van der Waals surface area contributed by atoms with Crippen molar-refractivity contribution in [2.24, 2.45) is 0 Å². The molecule has 0 spiro atoms. The average Bonchev–Trinajstić information content (AvgIpc) is 3.11. The van der Waals surface area contributed by atoms with Crippen LogP contribution in [-0.4, -0.2) is 53.6 Å². The summed E-state index contributed by atoms with van der Waals surface area (Å²) in [5, 5.41) is 4.32. The van der Waals surface area contributed by atoms with Crippen molar-refractivity contribution < 1.29 is 13.2 Å². The smallest absolute Gasteiger partial charge is 0.253 e. The van der Waals surface area contributed by atoms with Crippen LogP contribution in [0.25, 0.3) is 5.69 Å². The van der Waals surface area contributed by atoms with E-state index in [4.69, 9.17) is 0 Å². The van der Waals surface area contributed by atoms with Crippen LogP contribution in [0.1, 0.15) is 22.5 Å². The molecule has 1 aromatic carbocycles. The highest BCUT2D eigenvalue weighted by Gasteiger charge is 2.32. The minimum absolute atomic E-state index is 0.0554. The first kappa shape index (κ1) is 15.7. The van der Waals surface area contributed by atoms with Crippen LogP contribution in [0, 0.1) is 6.92 Å². The lowest BCUT2D eigenvalue weighted by molar-refractivity contribution is 0.0747. The van der Waals surface area contributed by atoms with Crippen LogP contribution in [0.3, 0.4) is 0 Å². The fourth-order valence-corrected chi connectivity index (χ4v) is 4.54. The number of hydrogen-bond acceptors (Lipinski definition) is 4. The predicted molar refractivity (Wildman–Crippen MR) is 87.5 cm³/mol. The lowest BCUT2D eigenvalue weighted by Crippen LogP contribution is -2.37. The quantitative estimate of drug-likeness (QED) is 0.852. The summed E-state index contributed by atoms with van der Waals surface area (Å²) in [4.78, 5) is 14.0. The summed E-state index contributed by atoms with van der Waals surface area (Å²) in [5.41, 5.74) is 2.34. The zero-order valence-electron chi connectivity index (χ0n) is 13.1. The molecule has 23 heavy (non-hydrogen) atoms. The SMILES string of the molecule is Cc1ccn(-c2ccc(C(=O)N(C)C3CCS(=O)(=O)C3)cc2)n1. The Balaban J connectivity index is 1.75. The van der Waals surface area contributed by atoms with Gasteiger partial charge in [0.15, 0.2) is 9.84 Å². The van der Waals surface area contributed by atoms with Crippen molar-refractivity contribution in [3.05, 3.63) is 47.8 Å². The summed E-state index contributed by atoms with van der Waals surface area (Å²) in [6, 6.07) is 8.83. The molecule has 6 nitrogen and oxygen atoms in total. The molecule has 1 atom stereocenters. The second-order valence-electron chi connectivity index (χ2n) is 5.92. The van der Waals surface area contributed by atoms with Crippen molar-refractivity contribution in [3.8, 4) is 5.69 Å². The van der Waals surface area contributed by atoms with Gasteiger partial charge in [0.1, 0.15) is 0 Å². The van der Waals surface area contributed by atoms with Crippen molar-refractivity contribution in [1.29, 1.82) is 0 Å². The van der Waals surface area contributed by atoms with Crippen LogP contribution in [0.5, 0.6) is 0 Å². The standard InChI is InChI=1S/C16H19N3O3S/c1-12-7-9-19(17-12)14-5-3-13(4-6-14)16(20)18(2)15-8-10-23(21,22)11-15/h3-7,9,15H,8,10-11H2,1-2H3. The number of sulfone groups is 1. The Morgan fingerprint density at radius 3 is 2.48 bits per heavy atom. The molecule has 1 saturated heterocycles. The van der Waals surface area contributed by atoms with Gasteiger partial charge < -0.3 is 4.90 Å². The maximum atomic E-state index is 12.5. The number of hydrogen-bond donors (Lipinski definition) is 0. The molecule has 1 aromatic heterocycles. The zero-order valence-corrected chi connectivity index (χ0v) is 14.0. The first-order valence-electron chi connectivity index (χ1n) is 7.46. The van der Waals surface area contributed by atoms with Crippen molar-refractivity contribution in [2.75, 3.05) is 18.6 Å². The van der Waals surface area contributed by atoms with Gasteiger partial charge in [0, 0.05) is 24.8 Å². The Hall–Kier alpha value is -2.15. The molecule has 2 aromatic rings. The molecular weight excluding hydrogens is 314 g/mol. The maximum absolute atomic E-state index is 12.5. The molecule has 1 aliphatic rings. The van der Waals surface area contributed by atoms with Crippen LogP contribution >= 0.6 is 0 Å². The fraction of sp³-hybridized carbons (Fsp3) is 0.375. The second-order valence-corrected chi connectivity index (χ2v) is 8.15. The molecule has 1 unspecified atom stereocenters. The van der Waals surface area contributed by atoms with Crippen LogP contribution in [0.15, 0.2) is 36.5 Å². The Bertz CT molecular complexity index is 825. The van der Waals surface area contributed by atoms with Gasteiger partial charge in [-0.3, -0.25) is 4.79 Å². The van der Waals surface area contributed by atoms with E-state index in [0.29, 0.717) is 12.0 Å². The van der Waals surface area contributed by atoms with Gasteiger partial charge in [-0.1, -0.05) is 0 Å². The monoisotopic (exact) mass is 333 g/mol. The molecular formula is C16H19N3O3S. The first-order valence-corrected chi connectivity index (χ1v) is 9.28. The Morgan fingerprint density at radius 2 is 1.96 bits per heavy atom. The van der Waals surface area contributed by atoms with E-state index in [2.05, 4.69) is 5.10 Å². The van der Waals surface area contributed by atoms with Crippen LogP contribution in [-0.2, 0) is 9.84 Å². The van der Waals surface area contributed by atoms with E-state index in [0.717, 1.165) is 11.4 Å². The number of rotatable bonds is 3. The molecule has 2 heterocycles. The van der Waals surface area contributed by atoms with Crippen molar-refractivity contribution in [3.63, 3.8) is 0 Å². The van der Waals surface area contributed by atoms with Gasteiger partial charge in [0.05, 0.1) is 22.9 Å². The molecule has 7 heteroatoms. The number of nitrogens with zero attached hydrogens (tertiary/aromatic N) is 3. The second kappa shape index (κ2) is 5.81. The van der Waals surface area contributed by atoms with Crippen molar-refractivity contribution >= 4 is 15.7 Å². The third-order valence-corrected chi connectivity index (χ3v) is 5.93. The van der Waals surface area contributed by atoms with Crippen molar-refractivity contribution in [2.45, 2.75) is 19.4 Å². The van der Waals surface area contributed by atoms with E-state index in [1.165, 1.54) is 4.90 Å². The predicted octanol–water partition coefficient (Wildman–Crippen LogP) is 1.44. The highest BCUT2D eigenvalue weighted by Crippen LogP contribution is 2.19. The van der Waals surface area contributed by atoms with Gasteiger partial charge in [-0.25, -0.2) is 13.1 Å². The minimum atomic E-state index is -3.00. The number of amides is 1. The largest absolute Gasteiger partial charge is 0.338 e. The molecule has 1 aliphatic heterocycles. The molecule has 0 N–H and O–H groups in total. The molecule has 0 saturated carbocycles. The molecule has 1 fully saturated rings. The molecule has 1 amide bonds. The van der Waals surface area contributed by atoms with E-state index >= 15 is 0 Å². The van der Waals surface area contributed by atoms with E-state index in [-0.39, 0.29) is 23.5 Å². The number of benzene rings is 1. The van der Waals surface area contributed by atoms with E-state index in [1.807, 2.05) is 31.3 Å². The Labute approximate surface area is 135 Å². The van der Waals surface area contributed by atoms with E-state index in [9.17, 15) is 13.2 Å². The van der Waals surface area contributed by atoms with Gasteiger partial charge in [0.25, 0.3) is 5.91 Å². The molecule has 122 valence electrons. The summed E-state index contributed by atoms with van der Waals surface area (Å²) in [7, 11) is -1.34. The van der Waals surface area contributed by atoms with Crippen LogP contribution < -0.4 is 0 Å². The fourth-order valence-electron chi connectivity index (χ4n) is 2.77. The number of aromatic nitrogens is 2.